The first-order valence-corrected chi connectivity index (χ1v) is 6.61. The van der Waals surface area contributed by atoms with Gasteiger partial charge in [0.2, 0.25) is 0 Å². The highest BCUT2D eigenvalue weighted by atomic mass is 32.1. The Morgan fingerprint density at radius 2 is 1.53 bits per heavy atom. The largest absolute Gasteiger partial charge is 0.508 e. The van der Waals surface area contributed by atoms with Crippen molar-refractivity contribution in [3.8, 4) is 27.6 Å². The number of phenols is 1. The van der Waals surface area contributed by atoms with E-state index in [9.17, 15) is 9.50 Å². The standard InChI is InChI=1S/C15H10FNOS/c16-12-5-1-11(2-6-12)15-17-14(9-19-15)10-3-7-13(18)8-4-10/h1-9,18H. The second kappa shape index (κ2) is 4.82. The van der Waals surface area contributed by atoms with Crippen LogP contribution in [0.25, 0.3) is 21.8 Å². The maximum absolute atomic E-state index is 12.9. The number of halogens is 1. The normalized spacial score (nSPS) is 10.6. The van der Waals surface area contributed by atoms with Gasteiger partial charge in [-0.25, -0.2) is 9.37 Å². The number of phenolic OH excluding ortho intramolecular Hbond substituents is 1. The molecule has 0 amide bonds. The Bertz CT molecular complexity index is 629. The van der Waals surface area contributed by atoms with E-state index in [1.54, 1.807) is 24.3 Å². The zero-order valence-corrected chi connectivity index (χ0v) is 10.7. The zero-order chi connectivity index (χ0) is 13.2. The molecular weight excluding hydrogens is 261 g/mol. The van der Waals surface area contributed by atoms with Crippen LogP contribution in [0.3, 0.4) is 0 Å². The lowest BCUT2D eigenvalue weighted by Crippen LogP contribution is -1.80. The van der Waals surface area contributed by atoms with E-state index in [4.69, 9.17) is 0 Å². The summed E-state index contributed by atoms with van der Waals surface area (Å²) in [7, 11) is 0. The lowest BCUT2D eigenvalue weighted by molar-refractivity contribution is 0.475. The van der Waals surface area contributed by atoms with Crippen molar-refractivity contribution in [2.24, 2.45) is 0 Å². The SMILES string of the molecule is Oc1ccc(-c2csc(-c3ccc(F)cc3)n2)cc1. The Balaban J connectivity index is 1.95. The summed E-state index contributed by atoms with van der Waals surface area (Å²) in [5.74, 6) is -0.0169. The van der Waals surface area contributed by atoms with Gasteiger partial charge in [-0.05, 0) is 48.5 Å². The molecule has 3 rings (SSSR count). The maximum atomic E-state index is 12.9. The van der Waals surface area contributed by atoms with Crippen molar-refractivity contribution < 1.29 is 9.50 Å². The Hall–Kier alpha value is -2.20. The number of aromatic nitrogens is 1. The molecule has 1 heterocycles. The number of rotatable bonds is 2. The van der Waals surface area contributed by atoms with Crippen molar-refractivity contribution in [3.05, 3.63) is 59.7 Å². The van der Waals surface area contributed by atoms with E-state index < -0.39 is 0 Å². The summed E-state index contributed by atoms with van der Waals surface area (Å²) in [6, 6.07) is 13.2. The molecule has 2 nitrogen and oxygen atoms in total. The molecule has 1 aromatic heterocycles. The summed E-state index contributed by atoms with van der Waals surface area (Å²) < 4.78 is 12.9. The molecule has 0 atom stereocenters. The quantitative estimate of drug-likeness (QED) is 0.753. The van der Waals surface area contributed by atoms with E-state index in [2.05, 4.69) is 4.98 Å². The highest BCUT2D eigenvalue weighted by molar-refractivity contribution is 7.13. The van der Waals surface area contributed by atoms with Crippen molar-refractivity contribution in [1.82, 2.24) is 4.98 Å². The van der Waals surface area contributed by atoms with Gasteiger partial charge in [0.1, 0.15) is 16.6 Å². The smallest absolute Gasteiger partial charge is 0.124 e. The molecule has 94 valence electrons. The Kier molecular flexibility index (Phi) is 3.01. The van der Waals surface area contributed by atoms with Gasteiger partial charge in [-0.15, -0.1) is 11.3 Å². The molecule has 0 aliphatic carbocycles. The predicted octanol–water partition coefficient (Wildman–Crippen LogP) is 4.32. The van der Waals surface area contributed by atoms with Gasteiger partial charge in [-0.1, -0.05) is 0 Å². The van der Waals surface area contributed by atoms with E-state index in [-0.39, 0.29) is 11.6 Å². The molecule has 0 unspecified atom stereocenters. The fourth-order valence-corrected chi connectivity index (χ4v) is 2.60. The fraction of sp³-hybridized carbons (Fsp3) is 0. The molecule has 19 heavy (non-hydrogen) atoms. The highest BCUT2D eigenvalue weighted by Crippen LogP contribution is 2.29. The van der Waals surface area contributed by atoms with Crippen LogP contribution in [0.2, 0.25) is 0 Å². The summed E-state index contributed by atoms with van der Waals surface area (Å²) in [6.45, 7) is 0. The first kappa shape index (κ1) is 11.9. The molecule has 0 radical (unpaired) electrons. The van der Waals surface area contributed by atoms with Gasteiger partial charge in [-0.2, -0.15) is 0 Å². The van der Waals surface area contributed by atoms with Crippen LogP contribution < -0.4 is 0 Å². The van der Waals surface area contributed by atoms with Crippen molar-refractivity contribution in [2.75, 3.05) is 0 Å². The number of nitrogens with zero attached hydrogens (tertiary/aromatic N) is 1. The molecule has 0 aliphatic heterocycles. The van der Waals surface area contributed by atoms with Gasteiger partial charge < -0.3 is 5.11 Å². The minimum Gasteiger partial charge on any atom is -0.508 e. The van der Waals surface area contributed by atoms with Gasteiger partial charge >= 0.3 is 0 Å². The summed E-state index contributed by atoms with van der Waals surface area (Å²) in [5, 5.41) is 12.1. The topological polar surface area (TPSA) is 33.1 Å². The monoisotopic (exact) mass is 271 g/mol. The van der Waals surface area contributed by atoms with E-state index in [1.165, 1.54) is 23.5 Å². The van der Waals surface area contributed by atoms with Gasteiger partial charge in [0.05, 0.1) is 5.69 Å². The Labute approximate surface area is 113 Å². The third-order valence-electron chi connectivity index (χ3n) is 2.76. The van der Waals surface area contributed by atoms with Crippen LogP contribution in [-0.4, -0.2) is 10.1 Å². The van der Waals surface area contributed by atoms with E-state index >= 15 is 0 Å². The van der Waals surface area contributed by atoms with Gasteiger partial charge in [0.25, 0.3) is 0 Å². The molecule has 0 bridgehead atoms. The predicted molar refractivity (Wildman–Crippen MR) is 74.6 cm³/mol. The summed E-state index contributed by atoms with van der Waals surface area (Å²) in [6.07, 6.45) is 0. The van der Waals surface area contributed by atoms with E-state index in [1.807, 2.05) is 17.5 Å². The Morgan fingerprint density at radius 1 is 0.895 bits per heavy atom. The fourth-order valence-electron chi connectivity index (χ4n) is 1.76. The van der Waals surface area contributed by atoms with Gasteiger partial charge in [0, 0.05) is 16.5 Å². The first-order valence-electron chi connectivity index (χ1n) is 5.73. The zero-order valence-electron chi connectivity index (χ0n) is 9.88. The number of thiazole rings is 1. The first-order chi connectivity index (χ1) is 9.22. The number of hydrogen-bond acceptors (Lipinski definition) is 3. The molecule has 1 N–H and O–H groups in total. The molecule has 0 saturated heterocycles. The van der Waals surface area contributed by atoms with Crippen molar-refractivity contribution >= 4 is 11.3 Å². The minimum atomic E-state index is -0.251. The molecule has 0 saturated carbocycles. The van der Waals surface area contributed by atoms with Crippen LogP contribution in [0.15, 0.2) is 53.9 Å². The molecule has 3 aromatic rings. The summed E-state index contributed by atoms with van der Waals surface area (Å²) in [4.78, 5) is 4.52. The highest BCUT2D eigenvalue weighted by Gasteiger charge is 2.06. The molecule has 0 aliphatic rings. The van der Waals surface area contributed by atoms with Gasteiger partial charge in [0.15, 0.2) is 0 Å². The van der Waals surface area contributed by atoms with Crippen molar-refractivity contribution in [3.63, 3.8) is 0 Å². The van der Waals surface area contributed by atoms with E-state index in [0.29, 0.717) is 0 Å². The number of benzene rings is 2. The number of aromatic hydroxyl groups is 1. The third-order valence-corrected chi connectivity index (χ3v) is 3.65. The van der Waals surface area contributed by atoms with Crippen molar-refractivity contribution in [2.45, 2.75) is 0 Å². The molecule has 0 fully saturated rings. The van der Waals surface area contributed by atoms with Crippen LogP contribution in [0, 0.1) is 5.82 Å². The number of hydrogen-bond donors (Lipinski definition) is 1. The van der Waals surface area contributed by atoms with Crippen LogP contribution in [0.4, 0.5) is 4.39 Å². The van der Waals surface area contributed by atoms with Crippen LogP contribution in [-0.2, 0) is 0 Å². The van der Waals surface area contributed by atoms with Crippen LogP contribution in [0.5, 0.6) is 5.75 Å². The van der Waals surface area contributed by atoms with E-state index in [0.717, 1.165) is 21.8 Å². The average molecular weight is 271 g/mol. The lowest BCUT2D eigenvalue weighted by atomic mass is 10.1. The van der Waals surface area contributed by atoms with Crippen LogP contribution in [0.1, 0.15) is 0 Å². The van der Waals surface area contributed by atoms with Crippen molar-refractivity contribution in [1.29, 1.82) is 0 Å². The van der Waals surface area contributed by atoms with Gasteiger partial charge in [-0.3, -0.25) is 0 Å². The lowest BCUT2D eigenvalue weighted by Gasteiger charge is -1.97. The molecular formula is C15H10FNOS. The summed E-state index contributed by atoms with van der Waals surface area (Å²) >= 11 is 1.51. The minimum absolute atomic E-state index is 0.234. The third kappa shape index (κ3) is 2.48. The maximum Gasteiger partial charge on any atom is 0.124 e. The Morgan fingerprint density at radius 3 is 2.21 bits per heavy atom. The molecule has 0 spiro atoms. The summed E-state index contributed by atoms with van der Waals surface area (Å²) in [5.41, 5.74) is 2.70. The second-order valence-corrected chi connectivity index (χ2v) is 4.95. The average Bonchev–Trinajstić information content (AvgIpc) is 2.90. The van der Waals surface area contributed by atoms with Crippen LogP contribution >= 0.6 is 11.3 Å². The second-order valence-electron chi connectivity index (χ2n) is 4.09. The molecule has 4 heteroatoms. The molecule has 2 aromatic carbocycles.